The fourth-order valence-electron chi connectivity index (χ4n) is 2.88. The highest BCUT2D eigenvalue weighted by Gasteiger charge is 2.35. The van der Waals surface area contributed by atoms with Gasteiger partial charge < -0.3 is 15.0 Å². The van der Waals surface area contributed by atoms with Crippen LogP contribution in [0.5, 0.6) is 0 Å². The summed E-state index contributed by atoms with van der Waals surface area (Å²) >= 11 is 1.58. The maximum Gasteiger partial charge on any atom is 0.248 e. The van der Waals surface area contributed by atoms with Crippen molar-refractivity contribution in [3.8, 4) is 6.07 Å². The van der Waals surface area contributed by atoms with Gasteiger partial charge in [0.1, 0.15) is 6.04 Å². The number of hydrogen-bond donors (Lipinski definition) is 1. The van der Waals surface area contributed by atoms with Gasteiger partial charge in [0.15, 0.2) is 0 Å². The molecule has 0 saturated carbocycles. The van der Waals surface area contributed by atoms with E-state index in [4.69, 9.17) is 10.00 Å². The zero-order valence-corrected chi connectivity index (χ0v) is 14.1. The van der Waals surface area contributed by atoms with Crippen molar-refractivity contribution in [2.24, 2.45) is 0 Å². The zero-order valence-electron chi connectivity index (χ0n) is 13.2. The van der Waals surface area contributed by atoms with E-state index in [0.29, 0.717) is 29.3 Å². The molecule has 0 radical (unpaired) electrons. The Morgan fingerprint density at radius 1 is 1.38 bits per heavy atom. The molecule has 0 aromatic heterocycles. The molecule has 2 heterocycles. The summed E-state index contributed by atoms with van der Waals surface area (Å²) < 4.78 is 5.52. The first-order valence-corrected chi connectivity index (χ1v) is 9.12. The first-order valence-electron chi connectivity index (χ1n) is 7.97. The molecule has 2 aliphatic heterocycles. The maximum atomic E-state index is 12.5. The van der Waals surface area contributed by atoms with Gasteiger partial charge in [0.25, 0.3) is 0 Å². The summed E-state index contributed by atoms with van der Waals surface area (Å²) in [6.07, 6.45) is 2.25. The van der Waals surface area contributed by atoms with Gasteiger partial charge in [-0.15, -0.1) is 11.8 Å². The van der Waals surface area contributed by atoms with E-state index in [1.165, 1.54) is 0 Å². The van der Waals surface area contributed by atoms with Crippen LogP contribution in [0.2, 0.25) is 0 Å². The highest BCUT2D eigenvalue weighted by atomic mass is 32.2. The third kappa shape index (κ3) is 3.89. The molecule has 2 atom stereocenters. The number of carbonyl (C=O) groups is 2. The Morgan fingerprint density at radius 2 is 2.17 bits per heavy atom. The maximum absolute atomic E-state index is 12.5. The lowest BCUT2D eigenvalue weighted by atomic mass is 10.1. The van der Waals surface area contributed by atoms with E-state index in [9.17, 15) is 9.59 Å². The lowest BCUT2D eigenvalue weighted by Gasteiger charge is -2.24. The van der Waals surface area contributed by atoms with Gasteiger partial charge in [0, 0.05) is 18.0 Å². The molecule has 0 aliphatic carbocycles. The van der Waals surface area contributed by atoms with Crippen LogP contribution in [0.4, 0.5) is 5.69 Å². The van der Waals surface area contributed by atoms with Crippen molar-refractivity contribution in [3.05, 3.63) is 29.8 Å². The fraction of sp³-hybridized carbons (Fsp3) is 0.471. The lowest BCUT2D eigenvalue weighted by Crippen LogP contribution is -2.45. The molecule has 0 unspecified atom stereocenters. The third-order valence-corrected chi connectivity index (χ3v) is 5.23. The Morgan fingerprint density at radius 3 is 2.83 bits per heavy atom. The second kappa shape index (κ2) is 7.69. The third-order valence-electron chi connectivity index (χ3n) is 4.21. The van der Waals surface area contributed by atoms with Crippen molar-refractivity contribution in [1.29, 1.82) is 5.26 Å². The fourth-order valence-corrected chi connectivity index (χ4v) is 4.06. The Bertz CT molecular complexity index is 650. The number of anilines is 1. The molecule has 1 aromatic rings. The van der Waals surface area contributed by atoms with Crippen molar-refractivity contribution in [2.45, 2.75) is 31.4 Å². The van der Waals surface area contributed by atoms with Crippen LogP contribution in [-0.4, -0.2) is 47.1 Å². The highest BCUT2D eigenvalue weighted by Crippen LogP contribution is 2.25. The van der Waals surface area contributed by atoms with E-state index in [2.05, 4.69) is 5.32 Å². The van der Waals surface area contributed by atoms with Crippen LogP contribution in [0, 0.1) is 11.3 Å². The van der Waals surface area contributed by atoms with Crippen molar-refractivity contribution in [1.82, 2.24) is 4.90 Å². The van der Waals surface area contributed by atoms with Gasteiger partial charge >= 0.3 is 0 Å². The molecule has 1 aromatic carbocycles. The molecule has 3 rings (SSSR count). The number of ether oxygens (including phenoxy) is 1. The van der Waals surface area contributed by atoms with Crippen LogP contribution < -0.4 is 5.32 Å². The Hall–Kier alpha value is -2.04. The Labute approximate surface area is 145 Å². The van der Waals surface area contributed by atoms with E-state index >= 15 is 0 Å². The number of nitrogens with one attached hydrogen (secondary N) is 1. The minimum Gasteiger partial charge on any atom is -0.378 e. The Balaban J connectivity index is 1.60. The van der Waals surface area contributed by atoms with Gasteiger partial charge in [-0.1, -0.05) is 0 Å². The number of amides is 2. The average molecular weight is 345 g/mol. The Kier molecular flexibility index (Phi) is 5.38. The van der Waals surface area contributed by atoms with E-state index in [-0.39, 0.29) is 17.9 Å². The first kappa shape index (κ1) is 16.8. The number of nitriles is 1. The second-order valence-electron chi connectivity index (χ2n) is 5.90. The highest BCUT2D eigenvalue weighted by molar-refractivity contribution is 7.99. The van der Waals surface area contributed by atoms with Gasteiger partial charge in [-0.3, -0.25) is 9.59 Å². The molecule has 2 saturated heterocycles. The van der Waals surface area contributed by atoms with E-state index in [0.717, 1.165) is 19.4 Å². The van der Waals surface area contributed by atoms with E-state index in [1.54, 1.807) is 40.9 Å². The molecule has 0 bridgehead atoms. The standard InChI is InChI=1S/C17H19N3O3S/c18-9-12-3-5-13(6-4-12)19-17(22)15-10-24-11-20(15)16(21)8-14-2-1-7-23-14/h3-6,14-15H,1-2,7-8,10-11H2,(H,19,22)/t14-,15-/m1/s1. The van der Waals surface area contributed by atoms with Crippen molar-refractivity contribution < 1.29 is 14.3 Å². The molecule has 6 nitrogen and oxygen atoms in total. The summed E-state index contributed by atoms with van der Waals surface area (Å²) in [4.78, 5) is 26.6. The number of nitrogens with zero attached hydrogens (tertiary/aromatic N) is 2. The van der Waals surface area contributed by atoms with Gasteiger partial charge in [0.2, 0.25) is 11.8 Å². The van der Waals surface area contributed by atoms with Crippen LogP contribution in [-0.2, 0) is 14.3 Å². The molecule has 24 heavy (non-hydrogen) atoms. The zero-order chi connectivity index (χ0) is 16.9. The SMILES string of the molecule is N#Cc1ccc(NC(=O)[C@H]2CSCN2C(=O)C[C@H]2CCCO2)cc1. The van der Waals surface area contributed by atoms with Gasteiger partial charge in [-0.05, 0) is 37.1 Å². The van der Waals surface area contributed by atoms with Crippen LogP contribution in [0.15, 0.2) is 24.3 Å². The summed E-state index contributed by atoms with van der Waals surface area (Å²) in [5.74, 6) is 0.924. The molecular formula is C17H19N3O3S. The summed E-state index contributed by atoms with van der Waals surface area (Å²) in [7, 11) is 0. The van der Waals surface area contributed by atoms with Crippen molar-refractivity contribution in [3.63, 3.8) is 0 Å². The molecule has 2 fully saturated rings. The van der Waals surface area contributed by atoms with E-state index in [1.807, 2.05) is 6.07 Å². The van der Waals surface area contributed by atoms with Gasteiger partial charge in [0.05, 0.1) is 30.0 Å². The number of benzene rings is 1. The molecule has 1 N–H and O–H groups in total. The largest absolute Gasteiger partial charge is 0.378 e. The predicted molar refractivity (Wildman–Crippen MR) is 91.3 cm³/mol. The number of thioether (sulfide) groups is 1. The van der Waals surface area contributed by atoms with Crippen LogP contribution in [0.25, 0.3) is 0 Å². The lowest BCUT2D eigenvalue weighted by molar-refractivity contribution is -0.138. The summed E-state index contributed by atoms with van der Waals surface area (Å²) in [6, 6.07) is 8.27. The quantitative estimate of drug-likeness (QED) is 0.902. The average Bonchev–Trinajstić information content (AvgIpc) is 3.27. The van der Waals surface area contributed by atoms with Crippen LogP contribution in [0.3, 0.4) is 0 Å². The molecular weight excluding hydrogens is 326 g/mol. The minimum atomic E-state index is -0.459. The minimum absolute atomic E-state index is 0.00895. The monoisotopic (exact) mass is 345 g/mol. The van der Waals surface area contributed by atoms with Crippen molar-refractivity contribution in [2.75, 3.05) is 23.6 Å². The first-order chi connectivity index (χ1) is 11.7. The molecule has 126 valence electrons. The molecule has 2 amide bonds. The van der Waals surface area contributed by atoms with E-state index < -0.39 is 6.04 Å². The number of carbonyl (C=O) groups excluding carboxylic acids is 2. The van der Waals surface area contributed by atoms with Crippen LogP contribution in [0.1, 0.15) is 24.8 Å². The smallest absolute Gasteiger partial charge is 0.248 e. The summed E-state index contributed by atoms with van der Waals surface area (Å²) in [5.41, 5.74) is 1.17. The van der Waals surface area contributed by atoms with Gasteiger partial charge in [-0.25, -0.2) is 0 Å². The number of hydrogen-bond acceptors (Lipinski definition) is 5. The normalized spacial score (nSPS) is 23.0. The van der Waals surface area contributed by atoms with Crippen LogP contribution >= 0.6 is 11.8 Å². The van der Waals surface area contributed by atoms with Crippen molar-refractivity contribution >= 4 is 29.3 Å². The molecule has 7 heteroatoms. The topological polar surface area (TPSA) is 82.4 Å². The second-order valence-corrected chi connectivity index (χ2v) is 6.90. The molecule has 2 aliphatic rings. The molecule has 0 spiro atoms. The predicted octanol–water partition coefficient (Wildman–Crippen LogP) is 1.97. The van der Waals surface area contributed by atoms with Gasteiger partial charge in [-0.2, -0.15) is 5.26 Å². The summed E-state index contributed by atoms with van der Waals surface area (Å²) in [6.45, 7) is 0.718. The summed E-state index contributed by atoms with van der Waals surface area (Å²) in [5, 5.41) is 11.6. The number of rotatable bonds is 4.